The molecule has 0 atom stereocenters. The van der Waals surface area contributed by atoms with E-state index in [-0.39, 0.29) is 18.0 Å². The van der Waals surface area contributed by atoms with Gasteiger partial charge in [0, 0.05) is 43.5 Å². The minimum atomic E-state index is -1.03. The lowest BCUT2D eigenvalue weighted by atomic mass is 9.92. The normalized spacial score (nSPS) is 21.4. The molecule has 0 radical (unpaired) electrons. The zero-order valence-corrected chi connectivity index (χ0v) is 20.2. The van der Waals surface area contributed by atoms with Crippen LogP contribution in [0.3, 0.4) is 0 Å². The molecule has 1 aromatic carbocycles. The molecule has 0 unspecified atom stereocenters. The summed E-state index contributed by atoms with van der Waals surface area (Å²) in [7, 11) is 0. The fourth-order valence-corrected chi connectivity index (χ4v) is 5.39. The van der Waals surface area contributed by atoms with Gasteiger partial charge >= 0.3 is 0 Å². The van der Waals surface area contributed by atoms with Crippen LogP contribution < -0.4 is 15.4 Å². The maximum absolute atomic E-state index is 14.4. The Kier molecular flexibility index (Phi) is 7.30. The second-order valence-corrected chi connectivity index (χ2v) is 9.58. The van der Waals surface area contributed by atoms with Crippen LogP contribution in [0.1, 0.15) is 44.6 Å². The fourth-order valence-electron chi connectivity index (χ4n) is 4.82. The van der Waals surface area contributed by atoms with E-state index in [1.165, 1.54) is 0 Å². The average molecular weight is 508 g/mol. The first-order valence-corrected chi connectivity index (χ1v) is 13.0. The maximum atomic E-state index is 14.4. The lowest BCUT2D eigenvalue weighted by Gasteiger charge is -2.29. The number of aromatic nitrogens is 4. The third-order valence-corrected chi connectivity index (χ3v) is 7.15. The second-order valence-electron chi connectivity index (χ2n) is 8.94. The van der Waals surface area contributed by atoms with E-state index in [0.29, 0.717) is 61.3 Å². The number of nitrogens with zero attached hydrogens (tertiary/aromatic N) is 4. The predicted octanol–water partition coefficient (Wildman–Crippen LogP) is 4.93. The van der Waals surface area contributed by atoms with Gasteiger partial charge in [-0.15, -0.1) is 0 Å². The van der Waals surface area contributed by atoms with Crippen molar-refractivity contribution < 1.29 is 17.9 Å². The maximum Gasteiger partial charge on any atom is 0.224 e. The summed E-state index contributed by atoms with van der Waals surface area (Å²) in [6.45, 7) is 1.12. The summed E-state index contributed by atoms with van der Waals surface area (Å²) in [5.74, 6) is -2.33. The third-order valence-electron chi connectivity index (χ3n) is 6.58. The van der Waals surface area contributed by atoms with Crippen LogP contribution in [0, 0.1) is 17.5 Å². The molecule has 0 amide bonds. The van der Waals surface area contributed by atoms with E-state index >= 15 is 0 Å². The fraction of sp³-hybridized carbons (Fsp3) is 0.522. The number of rotatable bonds is 7. The van der Waals surface area contributed by atoms with Crippen molar-refractivity contribution >= 4 is 40.7 Å². The lowest BCUT2D eigenvalue weighted by Crippen LogP contribution is -2.34. The minimum Gasteiger partial charge on any atom is -0.381 e. The Bertz CT molecular complexity index is 1160. The summed E-state index contributed by atoms with van der Waals surface area (Å²) in [6, 6.07) is 2.03. The summed E-state index contributed by atoms with van der Waals surface area (Å²) < 4.78 is 53.0. The molecule has 2 aliphatic rings. The second kappa shape index (κ2) is 10.6. The molecule has 1 aliphatic carbocycles. The van der Waals surface area contributed by atoms with Crippen molar-refractivity contribution in [1.29, 1.82) is 0 Å². The number of nitrogens with one attached hydrogen (secondary N) is 3. The van der Waals surface area contributed by atoms with E-state index in [2.05, 4.69) is 25.3 Å². The van der Waals surface area contributed by atoms with Crippen molar-refractivity contribution in [3.63, 3.8) is 0 Å². The molecule has 12 heteroatoms. The molecule has 3 heterocycles. The van der Waals surface area contributed by atoms with Crippen LogP contribution in [-0.2, 0) is 4.74 Å². The monoisotopic (exact) mass is 507 g/mol. The van der Waals surface area contributed by atoms with Crippen molar-refractivity contribution in [1.82, 2.24) is 24.2 Å². The van der Waals surface area contributed by atoms with Gasteiger partial charge in [-0.25, -0.2) is 23.1 Å². The van der Waals surface area contributed by atoms with E-state index in [4.69, 9.17) is 9.72 Å². The first-order chi connectivity index (χ1) is 17.0. The number of anilines is 3. The Morgan fingerprint density at radius 3 is 2.34 bits per heavy atom. The van der Waals surface area contributed by atoms with Gasteiger partial charge in [0.05, 0.1) is 6.20 Å². The highest BCUT2D eigenvalue weighted by Gasteiger charge is 2.26. The van der Waals surface area contributed by atoms with Gasteiger partial charge in [0.2, 0.25) is 11.9 Å². The molecular formula is C23H28F3N7OS. The van der Waals surface area contributed by atoms with E-state index in [1.54, 1.807) is 18.1 Å². The number of hydrogen-bond donors (Lipinski definition) is 3. The van der Waals surface area contributed by atoms with Gasteiger partial charge in [0.1, 0.15) is 17.0 Å². The predicted molar refractivity (Wildman–Crippen MR) is 130 cm³/mol. The molecule has 0 spiro atoms. The molecular weight excluding hydrogens is 479 g/mol. The van der Waals surface area contributed by atoms with Gasteiger partial charge < -0.3 is 15.4 Å². The molecule has 3 aromatic rings. The van der Waals surface area contributed by atoms with Crippen LogP contribution in [0.25, 0.3) is 11.2 Å². The molecule has 1 saturated heterocycles. The molecule has 8 nitrogen and oxygen atoms in total. The number of hydrogen-bond acceptors (Lipinski definition) is 8. The number of halogens is 3. The molecule has 188 valence electrons. The van der Waals surface area contributed by atoms with Gasteiger partial charge in [-0.3, -0.25) is 9.29 Å². The smallest absolute Gasteiger partial charge is 0.224 e. The van der Waals surface area contributed by atoms with Crippen molar-refractivity contribution in [2.24, 2.45) is 0 Å². The molecule has 35 heavy (non-hydrogen) atoms. The van der Waals surface area contributed by atoms with Crippen LogP contribution in [0.4, 0.5) is 30.8 Å². The van der Waals surface area contributed by atoms with Crippen molar-refractivity contribution in [2.45, 2.75) is 56.7 Å². The lowest BCUT2D eigenvalue weighted by molar-refractivity contribution is 0.0710. The first-order valence-electron chi connectivity index (χ1n) is 11.8. The quantitative estimate of drug-likeness (QED) is 0.388. The van der Waals surface area contributed by atoms with Gasteiger partial charge in [0.15, 0.2) is 17.3 Å². The van der Waals surface area contributed by atoms with E-state index < -0.39 is 23.1 Å². The Morgan fingerprint density at radius 2 is 1.66 bits per heavy atom. The van der Waals surface area contributed by atoms with Gasteiger partial charge in [0.25, 0.3) is 0 Å². The summed E-state index contributed by atoms with van der Waals surface area (Å²) in [5, 5.41) is 6.18. The molecule has 2 aromatic heterocycles. The van der Waals surface area contributed by atoms with Crippen LogP contribution in [0.2, 0.25) is 0 Å². The number of imidazole rings is 1. The van der Waals surface area contributed by atoms with Crippen LogP contribution in [-0.4, -0.2) is 51.1 Å². The van der Waals surface area contributed by atoms with Crippen molar-refractivity contribution in [3.05, 3.63) is 35.8 Å². The number of benzene rings is 1. The van der Waals surface area contributed by atoms with Gasteiger partial charge in [-0.1, -0.05) is 11.9 Å². The molecule has 2 fully saturated rings. The third kappa shape index (κ3) is 5.34. The summed E-state index contributed by atoms with van der Waals surface area (Å²) in [5.41, 5.74) is 0.606. The van der Waals surface area contributed by atoms with Gasteiger partial charge in [-0.05, 0) is 44.8 Å². The number of fused-ring (bicyclic) bond motifs is 1. The molecule has 5 rings (SSSR count). The Labute approximate surface area is 205 Å². The zero-order chi connectivity index (χ0) is 24.4. The van der Waals surface area contributed by atoms with Crippen molar-refractivity contribution in [3.8, 4) is 0 Å². The average Bonchev–Trinajstić information content (AvgIpc) is 3.20. The Balaban J connectivity index is 1.45. The van der Waals surface area contributed by atoms with E-state index in [1.807, 2.05) is 10.8 Å². The van der Waals surface area contributed by atoms with E-state index in [0.717, 1.165) is 25.7 Å². The summed E-state index contributed by atoms with van der Waals surface area (Å²) >= 11 is 1.65. The first kappa shape index (κ1) is 24.1. The summed E-state index contributed by atoms with van der Waals surface area (Å²) in [6.07, 6.45) is 9.22. The number of ether oxygens (including phenoxy) is 1. The largest absolute Gasteiger partial charge is 0.381 e. The van der Waals surface area contributed by atoms with Crippen LogP contribution >= 0.6 is 11.9 Å². The van der Waals surface area contributed by atoms with Gasteiger partial charge in [-0.2, -0.15) is 4.98 Å². The molecule has 1 aliphatic heterocycles. The highest BCUT2D eigenvalue weighted by molar-refractivity contribution is 7.96. The topological polar surface area (TPSA) is 88.9 Å². The summed E-state index contributed by atoms with van der Waals surface area (Å²) in [4.78, 5) is 13.7. The molecule has 3 N–H and O–H groups in total. The molecule has 0 bridgehead atoms. The highest BCUT2D eigenvalue weighted by atomic mass is 32.2. The highest BCUT2D eigenvalue weighted by Crippen LogP contribution is 2.33. The minimum absolute atomic E-state index is 0.0290. The van der Waals surface area contributed by atoms with Crippen LogP contribution in [0.5, 0.6) is 0 Å². The standard InChI is InChI=1S/C23H28F3N7OS/c1-35-32-15-4-2-14(3-5-15)28-22-27-12-19-21(31-22)33(16-6-8-34-9-7-16)23(29-19)30-20-17(25)10-13(24)11-18(20)26/h10-12,14-16,32H,2-9H2,1H3,(H,29,30)(H,27,28,31). The Morgan fingerprint density at radius 1 is 0.971 bits per heavy atom. The Hall–Kier alpha value is -2.57. The zero-order valence-electron chi connectivity index (χ0n) is 19.4. The van der Waals surface area contributed by atoms with Crippen molar-refractivity contribution in [2.75, 3.05) is 30.1 Å². The molecule has 1 saturated carbocycles. The van der Waals surface area contributed by atoms with Crippen LogP contribution in [0.15, 0.2) is 18.3 Å². The SMILES string of the molecule is CSNC1CCC(Nc2ncc3nc(Nc4c(F)cc(F)cc4F)n(C4CCOCC4)c3n2)CC1. The van der Waals surface area contributed by atoms with E-state index in [9.17, 15) is 13.2 Å².